The van der Waals surface area contributed by atoms with E-state index in [0.29, 0.717) is 0 Å². The Kier molecular flexibility index (Phi) is 3.27. The van der Waals surface area contributed by atoms with E-state index in [0.717, 1.165) is 29.4 Å². The molecule has 1 heterocycles. The first-order valence-electron chi connectivity index (χ1n) is 7.84. The number of aliphatic hydroxyl groups is 1. The Morgan fingerprint density at radius 2 is 1.56 bits per heavy atom. The second-order valence-electron chi connectivity index (χ2n) is 6.21. The quantitative estimate of drug-likeness (QED) is 0.484. The number of ether oxygens (including phenoxy) is 1. The highest BCUT2D eigenvalue weighted by atomic mass is 16.5. The fourth-order valence-corrected chi connectivity index (χ4v) is 3.94. The van der Waals surface area contributed by atoms with Gasteiger partial charge in [0.05, 0.1) is 13.0 Å². The summed E-state index contributed by atoms with van der Waals surface area (Å²) in [7, 11) is 1.07. The summed E-state index contributed by atoms with van der Waals surface area (Å²) in [4.78, 5) is 36.9. The minimum Gasteiger partial charge on any atom is -0.466 e. The number of carbonyl (C=O) groups is 3. The van der Waals surface area contributed by atoms with Crippen LogP contribution in [-0.4, -0.2) is 35.6 Å². The molecule has 0 spiro atoms. The average Bonchev–Trinajstić information content (AvgIpc) is 3.06. The minimum absolute atomic E-state index is 0.622. The third-order valence-corrected chi connectivity index (χ3v) is 5.03. The van der Waals surface area contributed by atoms with Crippen molar-refractivity contribution >= 4 is 17.8 Å². The van der Waals surface area contributed by atoms with E-state index < -0.39 is 35.2 Å². The largest absolute Gasteiger partial charge is 0.466 e. The molecule has 6 nitrogen and oxygen atoms in total. The third-order valence-electron chi connectivity index (χ3n) is 5.03. The summed E-state index contributed by atoms with van der Waals surface area (Å²) in [6.07, 6.45) is 0. The van der Waals surface area contributed by atoms with Crippen LogP contribution in [0.25, 0.3) is 11.1 Å². The molecule has 2 unspecified atom stereocenters. The molecule has 0 saturated carbocycles. The monoisotopic (exact) mass is 337 g/mol. The number of rotatable bonds is 2. The molecule has 0 bridgehead atoms. The van der Waals surface area contributed by atoms with Gasteiger partial charge in [-0.25, -0.2) is 4.79 Å². The van der Waals surface area contributed by atoms with Gasteiger partial charge in [0.25, 0.3) is 11.5 Å². The van der Waals surface area contributed by atoms with Gasteiger partial charge in [-0.2, -0.15) is 0 Å². The zero-order chi connectivity index (χ0) is 17.8. The summed E-state index contributed by atoms with van der Waals surface area (Å²) >= 11 is 0. The molecule has 25 heavy (non-hydrogen) atoms. The molecule has 1 saturated heterocycles. The molecule has 1 aliphatic carbocycles. The first-order chi connectivity index (χ1) is 12.0. The van der Waals surface area contributed by atoms with Gasteiger partial charge in [-0.3, -0.25) is 14.9 Å². The molecule has 2 aliphatic rings. The molecular formula is C19H15NO5. The summed E-state index contributed by atoms with van der Waals surface area (Å²) in [5, 5.41) is 12.9. The van der Waals surface area contributed by atoms with E-state index in [1.54, 1.807) is 0 Å². The number of esters is 1. The highest BCUT2D eigenvalue weighted by Crippen LogP contribution is 2.51. The van der Waals surface area contributed by atoms with Gasteiger partial charge in [0.1, 0.15) is 0 Å². The van der Waals surface area contributed by atoms with Crippen LogP contribution in [0.2, 0.25) is 0 Å². The predicted molar refractivity (Wildman–Crippen MR) is 87.3 cm³/mol. The number of amides is 2. The second kappa shape index (κ2) is 5.26. The number of methoxy groups -OCH3 is 1. The number of nitrogens with one attached hydrogen (secondary N) is 1. The molecule has 6 heteroatoms. The molecule has 2 amide bonds. The summed E-state index contributed by atoms with van der Waals surface area (Å²) in [6, 6.07) is 14.9. The maximum Gasteiger partial charge on any atom is 0.348 e. The molecular weight excluding hydrogens is 322 g/mol. The fourth-order valence-electron chi connectivity index (χ4n) is 3.94. The Labute approximate surface area is 143 Å². The zero-order valence-electron chi connectivity index (χ0n) is 13.4. The maximum absolute atomic E-state index is 12.5. The fraction of sp³-hybridized carbons (Fsp3) is 0.211. The van der Waals surface area contributed by atoms with E-state index in [1.165, 1.54) is 0 Å². The molecule has 2 atom stereocenters. The van der Waals surface area contributed by atoms with E-state index in [1.807, 2.05) is 48.5 Å². The number of hydrogen-bond acceptors (Lipinski definition) is 5. The predicted octanol–water partition coefficient (Wildman–Crippen LogP) is 0.976. The van der Waals surface area contributed by atoms with Crippen LogP contribution in [0.15, 0.2) is 48.5 Å². The molecule has 2 N–H and O–H groups in total. The molecule has 4 rings (SSSR count). The van der Waals surface area contributed by atoms with Gasteiger partial charge < -0.3 is 9.84 Å². The first kappa shape index (κ1) is 15.5. The van der Waals surface area contributed by atoms with Crippen LogP contribution < -0.4 is 5.32 Å². The number of imide groups is 1. The van der Waals surface area contributed by atoms with Gasteiger partial charge >= 0.3 is 5.97 Å². The van der Waals surface area contributed by atoms with Crippen molar-refractivity contribution in [2.45, 2.75) is 11.5 Å². The summed E-state index contributed by atoms with van der Waals surface area (Å²) in [5.74, 6) is -4.78. The highest BCUT2D eigenvalue weighted by molar-refractivity contribution is 6.20. The van der Waals surface area contributed by atoms with E-state index in [4.69, 9.17) is 0 Å². The topological polar surface area (TPSA) is 92.7 Å². The second-order valence-corrected chi connectivity index (χ2v) is 6.21. The summed E-state index contributed by atoms with van der Waals surface area (Å²) in [6.45, 7) is 0. The Morgan fingerprint density at radius 3 is 2.08 bits per heavy atom. The number of carbonyl (C=O) groups excluding carboxylic acids is 3. The number of fused-ring (bicyclic) bond motifs is 3. The van der Waals surface area contributed by atoms with Crippen molar-refractivity contribution in [2.24, 2.45) is 5.92 Å². The first-order valence-corrected chi connectivity index (χ1v) is 7.84. The van der Waals surface area contributed by atoms with Crippen LogP contribution in [0.1, 0.15) is 17.0 Å². The lowest BCUT2D eigenvalue weighted by Crippen LogP contribution is -2.52. The van der Waals surface area contributed by atoms with Crippen LogP contribution in [0.4, 0.5) is 0 Å². The van der Waals surface area contributed by atoms with Gasteiger partial charge in [0, 0.05) is 5.92 Å². The normalized spacial score (nSPS) is 24.6. The Bertz CT molecular complexity index is 876. The molecule has 0 radical (unpaired) electrons. The van der Waals surface area contributed by atoms with Crippen molar-refractivity contribution in [3.63, 3.8) is 0 Å². The Hall–Kier alpha value is -2.99. The minimum atomic E-state index is -2.55. The SMILES string of the molecule is COC(=O)C1(O)C(=O)NC(=O)C1C1c2ccccc2-c2ccccc21. The lowest BCUT2D eigenvalue weighted by molar-refractivity contribution is -0.172. The molecule has 126 valence electrons. The van der Waals surface area contributed by atoms with Crippen molar-refractivity contribution in [3.05, 3.63) is 59.7 Å². The van der Waals surface area contributed by atoms with Crippen LogP contribution in [0, 0.1) is 5.92 Å². The van der Waals surface area contributed by atoms with E-state index >= 15 is 0 Å². The van der Waals surface area contributed by atoms with E-state index in [-0.39, 0.29) is 0 Å². The summed E-state index contributed by atoms with van der Waals surface area (Å²) < 4.78 is 4.62. The van der Waals surface area contributed by atoms with Crippen molar-refractivity contribution in [1.82, 2.24) is 5.32 Å². The molecule has 0 aromatic heterocycles. The lowest BCUT2D eigenvalue weighted by Gasteiger charge is -2.28. The molecule has 2 aromatic carbocycles. The van der Waals surface area contributed by atoms with Gasteiger partial charge in [0.2, 0.25) is 5.91 Å². The third kappa shape index (κ3) is 1.91. The standard InChI is InChI=1S/C19H15NO5/c1-25-18(23)19(24)15(16(21)20-17(19)22)14-12-8-4-2-6-10(12)11-7-3-5-9-13(11)14/h2-9,14-15,24H,1H3,(H,20,21,22). The van der Waals surface area contributed by atoms with Crippen LogP contribution in [0.5, 0.6) is 0 Å². The summed E-state index contributed by atoms with van der Waals surface area (Å²) in [5.41, 5.74) is 0.868. The van der Waals surface area contributed by atoms with Gasteiger partial charge in [-0.15, -0.1) is 0 Å². The van der Waals surface area contributed by atoms with Gasteiger partial charge in [-0.1, -0.05) is 48.5 Å². The number of benzene rings is 2. The molecule has 1 aliphatic heterocycles. The van der Waals surface area contributed by atoms with Crippen molar-refractivity contribution < 1.29 is 24.2 Å². The Morgan fingerprint density at radius 1 is 1.04 bits per heavy atom. The molecule has 1 fully saturated rings. The Balaban J connectivity index is 1.96. The van der Waals surface area contributed by atoms with Gasteiger partial charge in [0.15, 0.2) is 0 Å². The van der Waals surface area contributed by atoms with Crippen LogP contribution in [0.3, 0.4) is 0 Å². The smallest absolute Gasteiger partial charge is 0.348 e. The lowest BCUT2D eigenvalue weighted by atomic mass is 9.75. The van der Waals surface area contributed by atoms with Crippen LogP contribution in [-0.2, 0) is 19.1 Å². The average molecular weight is 337 g/mol. The van der Waals surface area contributed by atoms with E-state index in [9.17, 15) is 19.5 Å². The van der Waals surface area contributed by atoms with Crippen LogP contribution >= 0.6 is 0 Å². The van der Waals surface area contributed by atoms with Crippen molar-refractivity contribution in [1.29, 1.82) is 0 Å². The number of hydrogen-bond donors (Lipinski definition) is 2. The van der Waals surface area contributed by atoms with Crippen molar-refractivity contribution in [2.75, 3.05) is 7.11 Å². The molecule has 2 aromatic rings. The van der Waals surface area contributed by atoms with Gasteiger partial charge in [-0.05, 0) is 22.3 Å². The highest BCUT2D eigenvalue weighted by Gasteiger charge is 2.64. The van der Waals surface area contributed by atoms with E-state index in [2.05, 4.69) is 10.1 Å². The van der Waals surface area contributed by atoms with Crippen molar-refractivity contribution in [3.8, 4) is 11.1 Å². The zero-order valence-corrected chi connectivity index (χ0v) is 13.4. The maximum atomic E-state index is 12.5.